The fourth-order valence-corrected chi connectivity index (χ4v) is 1.54. The molecule has 2 aromatic rings. The van der Waals surface area contributed by atoms with Crippen LogP contribution in [0.4, 0.5) is 5.69 Å². The lowest BCUT2D eigenvalue weighted by atomic mass is 10.3. The molecular formula is C9H7Cl2N3O2S. The van der Waals surface area contributed by atoms with Crippen LogP contribution in [0.5, 0.6) is 11.6 Å². The molecule has 0 unspecified atom stereocenters. The lowest BCUT2D eigenvalue weighted by Crippen LogP contribution is -2.07. The van der Waals surface area contributed by atoms with Gasteiger partial charge in [0.2, 0.25) is 0 Å². The third kappa shape index (κ3) is 3.29. The Morgan fingerprint density at radius 3 is 2.53 bits per heavy atom. The first-order chi connectivity index (χ1) is 7.66. The molecule has 1 aromatic heterocycles. The van der Waals surface area contributed by atoms with Gasteiger partial charge in [0.05, 0.1) is 11.7 Å². The summed E-state index contributed by atoms with van der Waals surface area (Å²) in [5.41, 5.74) is 5.59. The van der Waals surface area contributed by atoms with E-state index < -0.39 is 5.43 Å². The van der Waals surface area contributed by atoms with Crippen LogP contribution in [-0.2, 0) is 0 Å². The Morgan fingerprint density at radius 2 is 1.88 bits per heavy atom. The average Bonchev–Trinajstić information content (AvgIpc) is 2.28. The van der Waals surface area contributed by atoms with Gasteiger partial charge in [0.15, 0.2) is 5.15 Å². The van der Waals surface area contributed by atoms with Crippen LogP contribution in [0.1, 0.15) is 0 Å². The van der Waals surface area contributed by atoms with Crippen molar-refractivity contribution in [3.63, 3.8) is 0 Å². The van der Waals surface area contributed by atoms with Gasteiger partial charge in [-0.15, -0.1) is 16.8 Å². The molecule has 8 heteroatoms. The number of rotatable bonds is 2. The molecule has 1 aromatic carbocycles. The van der Waals surface area contributed by atoms with Crippen LogP contribution < -0.4 is 15.9 Å². The van der Waals surface area contributed by atoms with Crippen molar-refractivity contribution < 1.29 is 4.74 Å². The summed E-state index contributed by atoms with van der Waals surface area (Å²) in [7, 11) is 0. The van der Waals surface area contributed by atoms with Crippen molar-refractivity contribution in [3.8, 4) is 11.6 Å². The second kappa shape index (κ2) is 5.81. The van der Waals surface area contributed by atoms with E-state index in [-0.39, 0.29) is 23.4 Å². The SMILES string of the molecule is Cl.Nc1ccc(Oc2nsnc(Cl)c2=O)cc1. The number of nitrogen functional groups attached to an aromatic ring is 1. The van der Waals surface area contributed by atoms with Crippen molar-refractivity contribution in [2.45, 2.75) is 0 Å². The molecule has 0 aliphatic carbocycles. The minimum atomic E-state index is -0.530. The zero-order chi connectivity index (χ0) is 11.5. The molecule has 0 amide bonds. The van der Waals surface area contributed by atoms with Crippen LogP contribution in [0.2, 0.25) is 5.15 Å². The van der Waals surface area contributed by atoms with Gasteiger partial charge < -0.3 is 10.5 Å². The molecule has 0 aliphatic heterocycles. The summed E-state index contributed by atoms with van der Waals surface area (Å²) in [5.74, 6) is 0.378. The first kappa shape index (κ1) is 13.7. The number of halogens is 2. The minimum Gasteiger partial charge on any atom is -0.435 e. The van der Waals surface area contributed by atoms with Gasteiger partial charge in [0, 0.05) is 5.69 Å². The van der Waals surface area contributed by atoms with Crippen molar-refractivity contribution in [1.82, 2.24) is 8.75 Å². The topological polar surface area (TPSA) is 78.1 Å². The Kier molecular flexibility index (Phi) is 4.68. The molecule has 0 saturated heterocycles. The van der Waals surface area contributed by atoms with Crippen LogP contribution in [0.25, 0.3) is 0 Å². The minimum absolute atomic E-state index is 0. The van der Waals surface area contributed by atoms with Crippen LogP contribution in [0.3, 0.4) is 0 Å². The number of benzene rings is 1. The van der Waals surface area contributed by atoms with Gasteiger partial charge in [-0.25, -0.2) is 0 Å². The predicted octanol–water partition coefficient (Wildman–Crippen LogP) is 2.35. The number of aromatic nitrogens is 2. The molecule has 0 bridgehead atoms. The summed E-state index contributed by atoms with van der Waals surface area (Å²) < 4.78 is 12.6. The second-order valence-corrected chi connectivity index (χ2v) is 3.75. The highest BCUT2D eigenvalue weighted by atomic mass is 35.5. The van der Waals surface area contributed by atoms with Gasteiger partial charge >= 0.3 is 0 Å². The van der Waals surface area contributed by atoms with E-state index in [2.05, 4.69) is 8.75 Å². The highest BCUT2D eigenvalue weighted by Crippen LogP contribution is 2.18. The molecule has 0 fully saturated rings. The Morgan fingerprint density at radius 1 is 1.24 bits per heavy atom. The third-order valence-corrected chi connectivity index (χ3v) is 2.59. The van der Waals surface area contributed by atoms with E-state index in [4.69, 9.17) is 22.1 Å². The molecule has 0 atom stereocenters. The zero-order valence-corrected chi connectivity index (χ0v) is 10.7. The number of hydrogen-bond acceptors (Lipinski definition) is 6. The van der Waals surface area contributed by atoms with E-state index in [9.17, 15) is 4.79 Å². The molecule has 17 heavy (non-hydrogen) atoms. The van der Waals surface area contributed by atoms with Crippen LogP contribution in [0, 0.1) is 0 Å². The Balaban J connectivity index is 0.00000144. The molecule has 0 saturated carbocycles. The number of ether oxygens (including phenoxy) is 1. The van der Waals surface area contributed by atoms with E-state index in [1.54, 1.807) is 24.3 Å². The van der Waals surface area contributed by atoms with Gasteiger partial charge in [0.1, 0.15) is 5.75 Å². The highest BCUT2D eigenvalue weighted by Gasteiger charge is 2.08. The fourth-order valence-electron chi connectivity index (χ4n) is 0.977. The average molecular weight is 292 g/mol. The van der Waals surface area contributed by atoms with E-state index in [1.807, 2.05) is 0 Å². The number of nitrogens with zero attached hydrogens (tertiary/aromatic N) is 2. The third-order valence-electron chi connectivity index (χ3n) is 1.72. The molecule has 1 heterocycles. The summed E-state index contributed by atoms with van der Waals surface area (Å²) in [6, 6.07) is 6.59. The number of hydrogen-bond donors (Lipinski definition) is 1. The van der Waals surface area contributed by atoms with Gasteiger partial charge in [-0.3, -0.25) is 4.79 Å². The van der Waals surface area contributed by atoms with E-state index in [1.165, 1.54) is 0 Å². The molecule has 90 valence electrons. The van der Waals surface area contributed by atoms with Gasteiger partial charge in [-0.05, 0) is 24.3 Å². The summed E-state index contributed by atoms with van der Waals surface area (Å²) in [6.45, 7) is 0. The molecule has 0 radical (unpaired) electrons. The van der Waals surface area contributed by atoms with Crippen molar-refractivity contribution in [1.29, 1.82) is 0 Å². The van der Waals surface area contributed by atoms with Crippen LogP contribution >= 0.6 is 35.7 Å². The quantitative estimate of drug-likeness (QED) is 0.860. The standard InChI is InChI=1S/C9H6ClN3O2S.ClH/c10-8-7(14)9(13-16-12-8)15-6-3-1-5(11)2-4-6;/h1-4H,11H2;1H. The van der Waals surface area contributed by atoms with Crippen LogP contribution in [-0.4, -0.2) is 8.75 Å². The molecule has 0 aliphatic rings. The number of nitrogens with two attached hydrogens (primary N) is 1. The van der Waals surface area contributed by atoms with Crippen molar-refractivity contribution in [3.05, 3.63) is 39.6 Å². The maximum Gasteiger partial charge on any atom is 0.283 e. The van der Waals surface area contributed by atoms with E-state index in [0.29, 0.717) is 11.4 Å². The lowest BCUT2D eigenvalue weighted by molar-refractivity contribution is 0.462. The maximum absolute atomic E-state index is 11.4. The molecule has 2 rings (SSSR count). The second-order valence-electron chi connectivity index (χ2n) is 2.86. The Bertz CT molecular complexity index is 559. The Labute approximate surface area is 112 Å². The van der Waals surface area contributed by atoms with E-state index in [0.717, 1.165) is 11.7 Å². The normalized spacial score (nSPS) is 9.47. The van der Waals surface area contributed by atoms with Gasteiger partial charge in [-0.1, -0.05) is 11.6 Å². The molecule has 0 spiro atoms. The Hall–Kier alpha value is -1.37. The fraction of sp³-hybridized carbons (Fsp3) is 0. The predicted molar refractivity (Wildman–Crippen MR) is 69.4 cm³/mol. The highest BCUT2D eigenvalue weighted by molar-refractivity contribution is 6.99. The monoisotopic (exact) mass is 291 g/mol. The smallest absolute Gasteiger partial charge is 0.283 e. The first-order valence-electron chi connectivity index (χ1n) is 4.22. The van der Waals surface area contributed by atoms with Crippen molar-refractivity contribution in [2.24, 2.45) is 0 Å². The van der Waals surface area contributed by atoms with Crippen LogP contribution in [0.15, 0.2) is 29.1 Å². The largest absolute Gasteiger partial charge is 0.435 e. The molecule has 2 N–H and O–H groups in total. The summed E-state index contributed by atoms with van der Waals surface area (Å²) >= 11 is 6.36. The van der Waals surface area contributed by atoms with Gasteiger partial charge in [-0.2, -0.15) is 4.37 Å². The summed E-state index contributed by atoms with van der Waals surface area (Å²) in [5, 5.41) is -0.148. The maximum atomic E-state index is 11.4. The summed E-state index contributed by atoms with van der Waals surface area (Å²) in [6.07, 6.45) is 0. The van der Waals surface area contributed by atoms with Crippen molar-refractivity contribution in [2.75, 3.05) is 5.73 Å². The van der Waals surface area contributed by atoms with Crippen molar-refractivity contribution >= 4 is 41.4 Å². The van der Waals surface area contributed by atoms with Gasteiger partial charge in [0.25, 0.3) is 11.3 Å². The molecule has 5 nitrogen and oxygen atoms in total. The zero-order valence-electron chi connectivity index (χ0n) is 8.29. The first-order valence-corrected chi connectivity index (χ1v) is 5.33. The summed E-state index contributed by atoms with van der Waals surface area (Å²) in [4.78, 5) is 11.4. The number of anilines is 1. The van der Waals surface area contributed by atoms with E-state index >= 15 is 0 Å². The lowest BCUT2D eigenvalue weighted by Gasteiger charge is -2.02. The molecular weight excluding hydrogens is 285 g/mol.